The maximum atomic E-state index is 4.28. The summed E-state index contributed by atoms with van der Waals surface area (Å²) in [6.07, 6.45) is 6.51. The molecular weight excluding hydrogens is 272 g/mol. The lowest BCUT2D eigenvalue weighted by Gasteiger charge is -2.24. The highest BCUT2D eigenvalue weighted by atomic mass is 35.5. The summed E-state index contributed by atoms with van der Waals surface area (Å²) in [5.41, 5.74) is 1.22. The van der Waals surface area contributed by atoms with Gasteiger partial charge in [0.1, 0.15) is 5.82 Å². The summed E-state index contributed by atoms with van der Waals surface area (Å²) >= 11 is 0. The van der Waals surface area contributed by atoms with Crippen LogP contribution in [0.5, 0.6) is 0 Å². The topological polar surface area (TPSA) is 32.3 Å². The van der Waals surface area contributed by atoms with Gasteiger partial charge in [0.25, 0.3) is 0 Å². The molecule has 2 atom stereocenters. The number of aryl methyl sites for hydroxylation is 1. The van der Waals surface area contributed by atoms with Crippen molar-refractivity contribution in [3.05, 3.63) is 23.8 Å². The van der Waals surface area contributed by atoms with Gasteiger partial charge in [0.15, 0.2) is 0 Å². The van der Waals surface area contributed by atoms with Gasteiger partial charge in [-0.05, 0) is 33.4 Å². The zero-order chi connectivity index (χ0) is 13.8. The zero-order valence-electron chi connectivity index (χ0n) is 13.0. The molecular formula is C15H27ClN4. The van der Waals surface area contributed by atoms with E-state index in [4.69, 9.17) is 0 Å². The Balaban J connectivity index is 0.00000200. The largest absolute Gasteiger partial charge is 0.305 e. The summed E-state index contributed by atoms with van der Waals surface area (Å²) in [6, 6.07) is 0.686. The van der Waals surface area contributed by atoms with E-state index in [1.807, 2.05) is 19.3 Å². The van der Waals surface area contributed by atoms with Crippen LogP contribution in [0.25, 0.3) is 0 Å². The van der Waals surface area contributed by atoms with E-state index in [0.29, 0.717) is 6.04 Å². The molecule has 0 amide bonds. The predicted octanol–water partition coefficient (Wildman–Crippen LogP) is 2.37. The van der Waals surface area contributed by atoms with Crippen LogP contribution < -0.4 is 0 Å². The minimum Gasteiger partial charge on any atom is -0.305 e. The summed E-state index contributed by atoms with van der Waals surface area (Å²) in [4.78, 5) is 13.5. The molecule has 0 aliphatic carbocycles. The highest BCUT2D eigenvalue weighted by Crippen LogP contribution is 2.25. The summed E-state index contributed by atoms with van der Waals surface area (Å²) in [7, 11) is 4.40. The van der Waals surface area contributed by atoms with E-state index in [-0.39, 0.29) is 12.4 Å². The van der Waals surface area contributed by atoms with E-state index >= 15 is 0 Å². The smallest absolute Gasteiger partial charge is 0.125 e. The van der Waals surface area contributed by atoms with Gasteiger partial charge in [0.2, 0.25) is 0 Å². The van der Waals surface area contributed by atoms with Gasteiger partial charge in [-0.25, -0.2) is 9.97 Å². The molecule has 1 aliphatic rings. The van der Waals surface area contributed by atoms with Gasteiger partial charge in [-0.1, -0.05) is 13.3 Å². The molecule has 0 saturated carbocycles. The second-order valence-corrected chi connectivity index (χ2v) is 5.91. The first-order valence-electron chi connectivity index (χ1n) is 7.26. The molecule has 0 bridgehead atoms. The summed E-state index contributed by atoms with van der Waals surface area (Å²) in [5.74, 6) is 1.64. The monoisotopic (exact) mass is 298 g/mol. The number of hydrogen-bond donors (Lipinski definition) is 0. The first kappa shape index (κ1) is 17.3. The molecule has 2 heterocycles. The first-order chi connectivity index (χ1) is 9.10. The minimum absolute atomic E-state index is 0. The molecule has 0 N–H and O–H groups in total. The molecule has 0 spiro atoms. The van der Waals surface area contributed by atoms with Crippen LogP contribution in [0.1, 0.15) is 31.2 Å². The number of rotatable bonds is 5. The van der Waals surface area contributed by atoms with Gasteiger partial charge < -0.3 is 4.90 Å². The third kappa shape index (κ3) is 4.40. The van der Waals surface area contributed by atoms with Gasteiger partial charge in [0.05, 0.1) is 0 Å². The summed E-state index contributed by atoms with van der Waals surface area (Å²) in [6.45, 7) is 7.54. The van der Waals surface area contributed by atoms with Crippen LogP contribution in [-0.2, 0) is 6.54 Å². The Morgan fingerprint density at radius 2 is 1.90 bits per heavy atom. The Kier molecular flexibility index (Phi) is 6.86. The van der Waals surface area contributed by atoms with Crippen LogP contribution >= 0.6 is 12.4 Å². The molecule has 1 aromatic heterocycles. The number of halogens is 1. The minimum atomic E-state index is 0. The second kappa shape index (κ2) is 7.91. The molecule has 20 heavy (non-hydrogen) atoms. The van der Waals surface area contributed by atoms with Crippen molar-refractivity contribution in [1.29, 1.82) is 0 Å². The van der Waals surface area contributed by atoms with E-state index in [0.717, 1.165) is 24.8 Å². The molecule has 0 radical (unpaired) electrons. The van der Waals surface area contributed by atoms with Gasteiger partial charge in [-0.3, -0.25) is 4.90 Å². The molecule has 0 unspecified atom stereocenters. The molecule has 114 valence electrons. The van der Waals surface area contributed by atoms with Crippen molar-refractivity contribution in [2.45, 2.75) is 39.3 Å². The van der Waals surface area contributed by atoms with Gasteiger partial charge in [0, 0.05) is 43.6 Å². The van der Waals surface area contributed by atoms with Crippen LogP contribution in [0.2, 0.25) is 0 Å². The van der Waals surface area contributed by atoms with Gasteiger partial charge in [-0.15, -0.1) is 12.4 Å². The van der Waals surface area contributed by atoms with Gasteiger partial charge >= 0.3 is 0 Å². The number of likely N-dealkylation sites (tertiary alicyclic amines) is 1. The van der Waals surface area contributed by atoms with Crippen molar-refractivity contribution in [3.8, 4) is 0 Å². The number of likely N-dealkylation sites (N-methyl/N-ethyl adjacent to an activating group) is 1. The Labute approximate surface area is 129 Å². The van der Waals surface area contributed by atoms with Crippen LogP contribution in [0.4, 0.5) is 0 Å². The van der Waals surface area contributed by atoms with E-state index in [1.165, 1.54) is 24.9 Å². The van der Waals surface area contributed by atoms with Crippen LogP contribution in [0, 0.1) is 12.8 Å². The second-order valence-electron chi connectivity index (χ2n) is 5.91. The van der Waals surface area contributed by atoms with Crippen molar-refractivity contribution in [2.24, 2.45) is 5.92 Å². The zero-order valence-corrected chi connectivity index (χ0v) is 13.9. The Bertz CT molecular complexity index is 393. The van der Waals surface area contributed by atoms with Crippen molar-refractivity contribution in [1.82, 2.24) is 19.8 Å². The fraction of sp³-hybridized carbons (Fsp3) is 0.733. The molecule has 1 fully saturated rings. The molecule has 0 aromatic carbocycles. The maximum absolute atomic E-state index is 4.28. The molecule has 1 aliphatic heterocycles. The quantitative estimate of drug-likeness (QED) is 0.835. The lowest BCUT2D eigenvalue weighted by atomic mass is 9.98. The third-order valence-corrected chi connectivity index (χ3v) is 4.05. The van der Waals surface area contributed by atoms with E-state index in [9.17, 15) is 0 Å². The molecule has 4 nitrogen and oxygen atoms in total. The highest BCUT2D eigenvalue weighted by Gasteiger charge is 2.33. The fourth-order valence-corrected chi connectivity index (χ4v) is 3.07. The third-order valence-electron chi connectivity index (χ3n) is 4.05. The Morgan fingerprint density at radius 1 is 1.25 bits per heavy atom. The Morgan fingerprint density at radius 3 is 2.45 bits per heavy atom. The molecule has 5 heteroatoms. The fourth-order valence-electron chi connectivity index (χ4n) is 3.07. The lowest BCUT2D eigenvalue weighted by molar-refractivity contribution is 0.238. The number of hydrogen-bond acceptors (Lipinski definition) is 4. The molecule has 1 aromatic rings. The normalized spacial score (nSPS) is 23.1. The van der Waals surface area contributed by atoms with Crippen molar-refractivity contribution < 1.29 is 0 Å². The maximum Gasteiger partial charge on any atom is 0.125 e. The lowest BCUT2D eigenvalue weighted by Crippen LogP contribution is -2.35. The first-order valence-corrected chi connectivity index (χ1v) is 7.26. The van der Waals surface area contributed by atoms with Crippen molar-refractivity contribution in [3.63, 3.8) is 0 Å². The van der Waals surface area contributed by atoms with Crippen LogP contribution in [0.3, 0.4) is 0 Å². The van der Waals surface area contributed by atoms with Crippen molar-refractivity contribution >= 4 is 12.4 Å². The van der Waals surface area contributed by atoms with Crippen molar-refractivity contribution in [2.75, 3.05) is 27.2 Å². The van der Waals surface area contributed by atoms with Crippen LogP contribution in [0.15, 0.2) is 12.4 Å². The van der Waals surface area contributed by atoms with E-state index in [1.54, 1.807) is 0 Å². The average molecular weight is 299 g/mol. The van der Waals surface area contributed by atoms with Crippen LogP contribution in [-0.4, -0.2) is 53.0 Å². The highest BCUT2D eigenvalue weighted by molar-refractivity contribution is 5.85. The van der Waals surface area contributed by atoms with E-state index < -0.39 is 0 Å². The number of nitrogens with zero attached hydrogens (tertiary/aromatic N) is 4. The standard InChI is InChI=1S/C15H26N4.ClH/c1-5-6-14-10-19(11-15(14)18(3)4)9-13-7-16-12(2)17-8-13;/h7-8,14-15H,5-6,9-11H2,1-4H3;1H/t14-,15-;/m0./s1. The summed E-state index contributed by atoms with van der Waals surface area (Å²) in [5, 5.41) is 0. The van der Waals surface area contributed by atoms with Gasteiger partial charge in [-0.2, -0.15) is 0 Å². The molecule has 2 rings (SSSR count). The predicted molar refractivity (Wildman–Crippen MR) is 85.2 cm³/mol. The average Bonchev–Trinajstić information content (AvgIpc) is 2.76. The SMILES string of the molecule is CCC[C@H]1CN(Cc2cnc(C)nc2)C[C@@H]1N(C)C.Cl. The van der Waals surface area contributed by atoms with E-state index in [2.05, 4.69) is 40.8 Å². The molecule has 1 saturated heterocycles. The summed E-state index contributed by atoms with van der Waals surface area (Å²) < 4.78 is 0. The Hall–Kier alpha value is -0.710. The number of aromatic nitrogens is 2.